The molecule has 1 heterocycles. The van der Waals surface area contributed by atoms with Gasteiger partial charge in [0.25, 0.3) is 0 Å². The van der Waals surface area contributed by atoms with Crippen molar-refractivity contribution in [2.75, 3.05) is 0 Å². The fraction of sp³-hybridized carbons (Fsp3) is 0.125. The van der Waals surface area contributed by atoms with Gasteiger partial charge in [0.15, 0.2) is 5.82 Å². The normalized spacial score (nSPS) is 10.1. The molecule has 0 saturated carbocycles. The molecular weight excluding hydrogens is 278 g/mol. The predicted molar refractivity (Wildman–Crippen MR) is 79.2 cm³/mol. The number of hydrogen-bond donors (Lipinski definition) is 0. The first-order valence-electron chi connectivity index (χ1n) is 6.78. The Balaban J connectivity index is 1.70. The summed E-state index contributed by atoms with van der Waals surface area (Å²) in [7, 11) is 0. The summed E-state index contributed by atoms with van der Waals surface area (Å²) in [5, 5.41) is 20.3. The average molecular weight is 291 g/mol. The maximum atomic E-state index is 8.65. The number of rotatable bonds is 5. The minimum Gasteiger partial charge on any atom is -0.486 e. The second kappa shape index (κ2) is 6.50. The highest BCUT2D eigenvalue weighted by molar-refractivity contribution is 5.31. The van der Waals surface area contributed by atoms with E-state index in [1.54, 1.807) is 4.68 Å². The molecule has 2 aromatic carbocycles. The van der Waals surface area contributed by atoms with E-state index in [2.05, 4.69) is 21.6 Å². The van der Waals surface area contributed by atoms with Gasteiger partial charge in [-0.3, -0.25) is 0 Å². The summed E-state index contributed by atoms with van der Waals surface area (Å²) in [6.45, 7) is 0.263. The van der Waals surface area contributed by atoms with Crippen LogP contribution in [0.15, 0.2) is 54.6 Å². The van der Waals surface area contributed by atoms with E-state index in [9.17, 15) is 0 Å². The second-order valence-electron chi connectivity index (χ2n) is 4.61. The van der Waals surface area contributed by atoms with E-state index in [-0.39, 0.29) is 6.61 Å². The van der Waals surface area contributed by atoms with Crippen LogP contribution in [0.1, 0.15) is 11.4 Å². The molecule has 6 heteroatoms. The van der Waals surface area contributed by atoms with Crippen molar-refractivity contribution in [2.24, 2.45) is 0 Å². The van der Waals surface area contributed by atoms with Crippen molar-refractivity contribution in [1.82, 2.24) is 20.2 Å². The van der Waals surface area contributed by atoms with Gasteiger partial charge >= 0.3 is 0 Å². The smallest absolute Gasteiger partial charge is 0.194 e. The van der Waals surface area contributed by atoms with E-state index < -0.39 is 0 Å². The summed E-state index contributed by atoms with van der Waals surface area (Å²) < 4.78 is 7.34. The van der Waals surface area contributed by atoms with Gasteiger partial charge in [0, 0.05) is 0 Å². The highest BCUT2D eigenvalue weighted by Gasteiger charge is 2.08. The average Bonchev–Trinajstić information content (AvgIpc) is 3.04. The summed E-state index contributed by atoms with van der Waals surface area (Å²) in [5.74, 6) is 1.33. The van der Waals surface area contributed by atoms with E-state index in [4.69, 9.17) is 10.00 Å². The Hall–Kier alpha value is -3.20. The molecule has 0 aliphatic rings. The highest BCUT2D eigenvalue weighted by atomic mass is 16.5. The number of tetrazole rings is 1. The molecule has 0 radical (unpaired) electrons. The Labute approximate surface area is 127 Å². The lowest BCUT2D eigenvalue weighted by Crippen LogP contribution is -2.06. The first kappa shape index (κ1) is 13.8. The number of nitrogens with zero attached hydrogens (tertiary/aromatic N) is 5. The van der Waals surface area contributed by atoms with Crippen molar-refractivity contribution in [3.8, 4) is 17.5 Å². The molecule has 3 aromatic rings. The van der Waals surface area contributed by atoms with Crippen LogP contribution in [0.5, 0.6) is 5.75 Å². The molecule has 108 valence electrons. The van der Waals surface area contributed by atoms with Gasteiger partial charge in [0.2, 0.25) is 0 Å². The van der Waals surface area contributed by atoms with Crippen LogP contribution < -0.4 is 4.74 Å². The predicted octanol–water partition coefficient (Wildman–Crippen LogP) is 2.31. The third-order valence-electron chi connectivity index (χ3n) is 3.11. The van der Waals surface area contributed by atoms with Crippen LogP contribution in [-0.2, 0) is 13.0 Å². The van der Waals surface area contributed by atoms with Gasteiger partial charge < -0.3 is 4.74 Å². The van der Waals surface area contributed by atoms with E-state index in [1.165, 1.54) is 0 Å². The Morgan fingerprint density at radius 2 is 1.82 bits per heavy atom. The topological polar surface area (TPSA) is 76.6 Å². The summed E-state index contributed by atoms with van der Waals surface area (Å²) in [4.78, 5) is 0. The lowest BCUT2D eigenvalue weighted by molar-refractivity contribution is 0.292. The van der Waals surface area contributed by atoms with Crippen molar-refractivity contribution < 1.29 is 4.74 Å². The lowest BCUT2D eigenvalue weighted by Gasteiger charge is -2.07. The van der Waals surface area contributed by atoms with Gasteiger partial charge in [-0.1, -0.05) is 30.3 Å². The second-order valence-corrected chi connectivity index (χ2v) is 4.61. The lowest BCUT2D eigenvalue weighted by atomic mass is 10.2. The highest BCUT2D eigenvalue weighted by Crippen LogP contribution is 2.15. The molecule has 6 nitrogen and oxygen atoms in total. The Bertz CT molecular complexity index is 774. The van der Waals surface area contributed by atoms with Gasteiger partial charge in [-0.15, -0.1) is 5.10 Å². The van der Waals surface area contributed by atoms with Crippen LogP contribution in [0.4, 0.5) is 0 Å². The largest absolute Gasteiger partial charge is 0.486 e. The summed E-state index contributed by atoms with van der Waals surface area (Å²) in [5.41, 5.74) is 1.85. The molecule has 1 aromatic heterocycles. The van der Waals surface area contributed by atoms with E-state index in [0.29, 0.717) is 18.0 Å². The Kier molecular flexibility index (Phi) is 4.07. The molecule has 0 amide bonds. The molecule has 0 unspecified atom stereocenters. The van der Waals surface area contributed by atoms with E-state index in [0.717, 1.165) is 11.3 Å². The maximum Gasteiger partial charge on any atom is 0.194 e. The Morgan fingerprint density at radius 3 is 2.55 bits per heavy atom. The van der Waals surface area contributed by atoms with Crippen LogP contribution in [0.2, 0.25) is 0 Å². The number of para-hydroxylation sites is 1. The molecule has 0 atom stereocenters. The first-order chi connectivity index (χ1) is 10.9. The summed E-state index contributed by atoms with van der Waals surface area (Å²) >= 11 is 0. The summed E-state index contributed by atoms with van der Waals surface area (Å²) in [6, 6.07) is 19.2. The molecule has 0 bridgehead atoms. The quantitative estimate of drug-likeness (QED) is 0.721. The van der Waals surface area contributed by atoms with Gasteiger partial charge in [-0.2, -0.15) is 9.94 Å². The molecule has 0 N–H and O–H groups in total. The van der Waals surface area contributed by atoms with Gasteiger partial charge in [-0.05, 0) is 40.3 Å². The fourth-order valence-corrected chi connectivity index (χ4v) is 2.01. The molecule has 0 aliphatic carbocycles. The van der Waals surface area contributed by atoms with Crippen LogP contribution in [-0.4, -0.2) is 20.2 Å². The van der Waals surface area contributed by atoms with Crippen LogP contribution >= 0.6 is 0 Å². The van der Waals surface area contributed by atoms with Crippen molar-refractivity contribution in [3.05, 3.63) is 66.0 Å². The molecule has 22 heavy (non-hydrogen) atoms. The van der Waals surface area contributed by atoms with E-state index in [1.807, 2.05) is 54.6 Å². The van der Waals surface area contributed by atoms with Gasteiger partial charge in [0.05, 0.1) is 18.2 Å². The monoisotopic (exact) mass is 291 g/mol. The zero-order valence-electron chi connectivity index (χ0n) is 11.8. The van der Waals surface area contributed by atoms with Crippen molar-refractivity contribution in [1.29, 1.82) is 5.26 Å². The SMILES string of the molecule is N#CCc1ccc(OCc2nnnn2-c2ccccc2)cc1. The van der Waals surface area contributed by atoms with Crippen LogP contribution in [0.25, 0.3) is 5.69 Å². The maximum absolute atomic E-state index is 8.65. The van der Waals surface area contributed by atoms with Crippen molar-refractivity contribution in [3.63, 3.8) is 0 Å². The first-order valence-corrected chi connectivity index (χ1v) is 6.78. The molecule has 0 fully saturated rings. The number of hydrogen-bond acceptors (Lipinski definition) is 5. The summed E-state index contributed by atoms with van der Waals surface area (Å²) in [6.07, 6.45) is 0.395. The van der Waals surface area contributed by atoms with Crippen molar-refractivity contribution in [2.45, 2.75) is 13.0 Å². The number of benzene rings is 2. The minimum atomic E-state index is 0.263. The zero-order valence-corrected chi connectivity index (χ0v) is 11.8. The molecule has 3 rings (SSSR count). The fourth-order valence-electron chi connectivity index (χ4n) is 2.01. The third kappa shape index (κ3) is 3.10. The van der Waals surface area contributed by atoms with E-state index >= 15 is 0 Å². The van der Waals surface area contributed by atoms with Crippen LogP contribution in [0.3, 0.4) is 0 Å². The Morgan fingerprint density at radius 1 is 1.05 bits per heavy atom. The zero-order chi connectivity index (χ0) is 15.2. The van der Waals surface area contributed by atoms with Gasteiger partial charge in [0.1, 0.15) is 12.4 Å². The van der Waals surface area contributed by atoms with Gasteiger partial charge in [-0.25, -0.2) is 0 Å². The number of ether oxygens (including phenoxy) is 1. The standard InChI is InChI=1S/C16H13N5O/c17-11-10-13-6-8-15(9-7-13)22-12-16-18-19-20-21(16)14-4-2-1-3-5-14/h1-9H,10,12H2. The molecule has 0 saturated heterocycles. The number of aromatic nitrogens is 4. The van der Waals surface area contributed by atoms with Crippen LogP contribution in [0, 0.1) is 11.3 Å². The molecular formula is C16H13N5O. The molecule has 0 aliphatic heterocycles. The van der Waals surface area contributed by atoms with Crippen molar-refractivity contribution >= 4 is 0 Å². The number of nitriles is 1. The minimum absolute atomic E-state index is 0.263. The third-order valence-corrected chi connectivity index (χ3v) is 3.11. The molecule has 0 spiro atoms.